The van der Waals surface area contributed by atoms with Gasteiger partial charge in [-0.1, -0.05) is 18.2 Å². The SMILES string of the molecule is COc1ccc(CC(=O)Nc2ccc(NCc3ccccn3)nn2)cc1. The molecule has 26 heavy (non-hydrogen) atoms. The lowest BCUT2D eigenvalue weighted by Gasteiger charge is -2.07. The van der Waals surface area contributed by atoms with Crippen LogP contribution in [-0.4, -0.2) is 28.2 Å². The molecule has 0 radical (unpaired) electrons. The van der Waals surface area contributed by atoms with E-state index in [4.69, 9.17) is 4.74 Å². The third kappa shape index (κ3) is 5.01. The van der Waals surface area contributed by atoms with Gasteiger partial charge in [0.15, 0.2) is 5.82 Å². The summed E-state index contributed by atoms with van der Waals surface area (Å²) < 4.78 is 5.10. The maximum Gasteiger partial charge on any atom is 0.229 e. The number of methoxy groups -OCH3 is 1. The zero-order valence-corrected chi connectivity index (χ0v) is 14.3. The van der Waals surface area contributed by atoms with Crippen LogP contribution in [0.4, 0.5) is 11.6 Å². The number of amides is 1. The van der Waals surface area contributed by atoms with Crippen LogP contribution in [0, 0.1) is 0 Å². The summed E-state index contributed by atoms with van der Waals surface area (Å²) in [6.45, 7) is 0.554. The molecule has 0 saturated heterocycles. The number of hydrogen-bond acceptors (Lipinski definition) is 6. The highest BCUT2D eigenvalue weighted by atomic mass is 16.5. The van der Waals surface area contributed by atoms with Crippen molar-refractivity contribution in [3.05, 3.63) is 72.1 Å². The summed E-state index contributed by atoms with van der Waals surface area (Å²) >= 11 is 0. The molecular weight excluding hydrogens is 330 g/mol. The Morgan fingerprint density at radius 2 is 1.77 bits per heavy atom. The van der Waals surface area contributed by atoms with E-state index in [0.717, 1.165) is 17.0 Å². The van der Waals surface area contributed by atoms with E-state index in [0.29, 0.717) is 18.2 Å². The van der Waals surface area contributed by atoms with Gasteiger partial charge in [-0.25, -0.2) is 0 Å². The van der Waals surface area contributed by atoms with Gasteiger partial charge in [0.1, 0.15) is 11.6 Å². The van der Waals surface area contributed by atoms with Crippen LogP contribution in [0.1, 0.15) is 11.3 Å². The summed E-state index contributed by atoms with van der Waals surface area (Å²) in [5.74, 6) is 1.63. The number of aromatic nitrogens is 3. The van der Waals surface area contributed by atoms with Crippen LogP contribution in [0.3, 0.4) is 0 Å². The van der Waals surface area contributed by atoms with Crippen molar-refractivity contribution >= 4 is 17.5 Å². The van der Waals surface area contributed by atoms with Gasteiger partial charge in [0.2, 0.25) is 5.91 Å². The predicted octanol–water partition coefficient (Wildman–Crippen LogP) is 2.67. The summed E-state index contributed by atoms with van der Waals surface area (Å²) in [4.78, 5) is 16.3. The van der Waals surface area contributed by atoms with Gasteiger partial charge in [-0.2, -0.15) is 0 Å². The van der Waals surface area contributed by atoms with E-state index >= 15 is 0 Å². The van der Waals surface area contributed by atoms with Crippen molar-refractivity contribution in [1.29, 1.82) is 0 Å². The first-order valence-corrected chi connectivity index (χ1v) is 8.13. The highest BCUT2D eigenvalue weighted by Gasteiger charge is 2.06. The lowest BCUT2D eigenvalue weighted by atomic mass is 10.1. The predicted molar refractivity (Wildman–Crippen MR) is 98.9 cm³/mol. The molecule has 0 aliphatic rings. The number of rotatable bonds is 7. The van der Waals surface area contributed by atoms with Crippen LogP contribution in [-0.2, 0) is 17.8 Å². The largest absolute Gasteiger partial charge is 0.497 e. The van der Waals surface area contributed by atoms with Gasteiger partial charge < -0.3 is 15.4 Å². The van der Waals surface area contributed by atoms with Crippen LogP contribution in [0.5, 0.6) is 5.75 Å². The van der Waals surface area contributed by atoms with Crippen molar-refractivity contribution in [2.45, 2.75) is 13.0 Å². The molecule has 0 bridgehead atoms. The maximum absolute atomic E-state index is 12.1. The fourth-order valence-corrected chi connectivity index (χ4v) is 2.29. The van der Waals surface area contributed by atoms with E-state index in [-0.39, 0.29) is 12.3 Å². The van der Waals surface area contributed by atoms with E-state index in [2.05, 4.69) is 25.8 Å². The summed E-state index contributed by atoms with van der Waals surface area (Å²) in [5, 5.41) is 13.9. The lowest BCUT2D eigenvalue weighted by Crippen LogP contribution is -2.16. The summed E-state index contributed by atoms with van der Waals surface area (Å²) in [6, 6.07) is 16.6. The van der Waals surface area contributed by atoms with Gasteiger partial charge in [-0.15, -0.1) is 10.2 Å². The second kappa shape index (κ2) is 8.57. The topological polar surface area (TPSA) is 89.0 Å². The van der Waals surface area contributed by atoms with Crippen LogP contribution in [0.2, 0.25) is 0 Å². The molecule has 7 heteroatoms. The number of benzene rings is 1. The first-order valence-electron chi connectivity index (χ1n) is 8.13. The van der Waals surface area contributed by atoms with E-state index < -0.39 is 0 Å². The van der Waals surface area contributed by atoms with Crippen LogP contribution < -0.4 is 15.4 Å². The Kier molecular flexibility index (Phi) is 5.72. The van der Waals surface area contributed by atoms with Crippen molar-refractivity contribution in [3.8, 4) is 5.75 Å². The molecule has 7 nitrogen and oxygen atoms in total. The second-order valence-electron chi connectivity index (χ2n) is 5.55. The average Bonchev–Trinajstić information content (AvgIpc) is 2.69. The normalized spacial score (nSPS) is 10.2. The minimum Gasteiger partial charge on any atom is -0.497 e. The zero-order valence-electron chi connectivity index (χ0n) is 14.3. The average molecular weight is 349 g/mol. The van der Waals surface area contributed by atoms with Crippen LogP contribution >= 0.6 is 0 Å². The Morgan fingerprint density at radius 3 is 2.42 bits per heavy atom. The molecule has 1 amide bonds. The number of anilines is 2. The molecule has 3 rings (SSSR count). The smallest absolute Gasteiger partial charge is 0.229 e. The van der Waals surface area contributed by atoms with Crippen LogP contribution in [0.25, 0.3) is 0 Å². The molecule has 0 atom stereocenters. The Morgan fingerprint density at radius 1 is 1.00 bits per heavy atom. The molecule has 132 valence electrons. The number of nitrogens with zero attached hydrogens (tertiary/aromatic N) is 3. The number of ether oxygens (including phenoxy) is 1. The van der Waals surface area contributed by atoms with Gasteiger partial charge in [0, 0.05) is 6.20 Å². The number of carbonyl (C=O) groups excluding carboxylic acids is 1. The van der Waals surface area contributed by atoms with Gasteiger partial charge >= 0.3 is 0 Å². The van der Waals surface area contributed by atoms with E-state index in [1.807, 2.05) is 42.5 Å². The van der Waals surface area contributed by atoms with Crippen molar-refractivity contribution in [3.63, 3.8) is 0 Å². The fourth-order valence-electron chi connectivity index (χ4n) is 2.29. The van der Waals surface area contributed by atoms with E-state index in [9.17, 15) is 4.79 Å². The zero-order chi connectivity index (χ0) is 18.2. The molecule has 0 unspecified atom stereocenters. The Bertz CT molecular complexity index is 836. The fraction of sp³-hybridized carbons (Fsp3) is 0.158. The number of nitrogens with one attached hydrogen (secondary N) is 2. The number of pyridine rings is 1. The Hall–Kier alpha value is -3.48. The van der Waals surface area contributed by atoms with Gasteiger partial charge in [-0.05, 0) is 42.0 Å². The standard InChI is InChI=1S/C19H19N5O2/c1-26-16-7-5-14(6-8-16)12-19(25)22-18-10-9-17(23-24-18)21-13-15-4-2-3-11-20-15/h2-11H,12-13H2,1H3,(H,21,23)(H,22,24,25). The number of hydrogen-bond donors (Lipinski definition) is 2. The molecule has 0 fully saturated rings. The molecule has 2 N–H and O–H groups in total. The Balaban J connectivity index is 1.50. The second-order valence-corrected chi connectivity index (χ2v) is 5.55. The molecule has 2 heterocycles. The molecule has 3 aromatic rings. The first-order chi connectivity index (χ1) is 12.7. The maximum atomic E-state index is 12.1. The Labute approximate surface area is 151 Å². The monoisotopic (exact) mass is 349 g/mol. The highest BCUT2D eigenvalue weighted by molar-refractivity contribution is 5.91. The third-order valence-electron chi connectivity index (χ3n) is 3.63. The molecule has 0 spiro atoms. The quantitative estimate of drug-likeness (QED) is 0.682. The molecule has 2 aromatic heterocycles. The van der Waals surface area contributed by atoms with Crippen LogP contribution in [0.15, 0.2) is 60.8 Å². The van der Waals surface area contributed by atoms with E-state index in [1.54, 1.807) is 25.4 Å². The van der Waals surface area contributed by atoms with Gasteiger partial charge in [0.25, 0.3) is 0 Å². The van der Waals surface area contributed by atoms with Crippen molar-refractivity contribution in [2.75, 3.05) is 17.7 Å². The lowest BCUT2D eigenvalue weighted by molar-refractivity contribution is -0.115. The number of carbonyl (C=O) groups is 1. The molecular formula is C19H19N5O2. The molecule has 1 aromatic carbocycles. The first kappa shape index (κ1) is 17.3. The highest BCUT2D eigenvalue weighted by Crippen LogP contribution is 2.13. The third-order valence-corrected chi connectivity index (χ3v) is 3.63. The van der Waals surface area contributed by atoms with Gasteiger partial charge in [0.05, 0.1) is 25.8 Å². The van der Waals surface area contributed by atoms with E-state index in [1.165, 1.54) is 0 Å². The molecule has 0 aliphatic heterocycles. The molecule has 0 aliphatic carbocycles. The minimum atomic E-state index is -0.154. The summed E-state index contributed by atoms with van der Waals surface area (Å²) in [6.07, 6.45) is 2.00. The van der Waals surface area contributed by atoms with Crippen molar-refractivity contribution in [2.24, 2.45) is 0 Å². The summed E-state index contributed by atoms with van der Waals surface area (Å²) in [5.41, 5.74) is 1.80. The summed E-state index contributed by atoms with van der Waals surface area (Å²) in [7, 11) is 1.61. The molecule has 0 saturated carbocycles. The van der Waals surface area contributed by atoms with Crippen molar-refractivity contribution < 1.29 is 9.53 Å². The van der Waals surface area contributed by atoms with Gasteiger partial charge in [-0.3, -0.25) is 9.78 Å². The minimum absolute atomic E-state index is 0.154. The van der Waals surface area contributed by atoms with Crippen molar-refractivity contribution in [1.82, 2.24) is 15.2 Å².